The minimum Gasteiger partial charge on any atom is -0.439 e. The topological polar surface area (TPSA) is 71.5 Å². The highest BCUT2D eigenvalue weighted by Gasteiger charge is 2.32. The Kier molecular flexibility index (Phi) is 5.33. The fourth-order valence-electron chi connectivity index (χ4n) is 2.75. The summed E-state index contributed by atoms with van der Waals surface area (Å²) in [6.45, 7) is 2.86. The summed E-state index contributed by atoms with van der Waals surface area (Å²) in [4.78, 5) is 30.4. The molecule has 1 saturated heterocycles. The lowest BCUT2D eigenvalue weighted by Gasteiger charge is -2.34. The molecule has 2 amide bonds. The quantitative estimate of drug-likeness (QED) is 0.851. The number of carbonyl (C=O) groups excluding carboxylic acids is 2. The number of hydrogen-bond acceptors (Lipinski definition) is 4. The van der Waals surface area contributed by atoms with Gasteiger partial charge in [0.05, 0.1) is 5.56 Å². The summed E-state index contributed by atoms with van der Waals surface area (Å²) in [6, 6.07) is 10.3. The molecule has 2 heterocycles. The molecule has 1 fully saturated rings. The van der Waals surface area contributed by atoms with Gasteiger partial charge in [-0.2, -0.15) is 0 Å². The molecule has 7 heteroatoms. The first-order valence-corrected chi connectivity index (χ1v) is 8.86. The highest BCUT2D eigenvalue weighted by Crippen LogP contribution is 2.23. The van der Waals surface area contributed by atoms with E-state index >= 15 is 0 Å². The van der Waals surface area contributed by atoms with Crippen LogP contribution < -0.4 is 10.1 Å². The van der Waals surface area contributed by atoms with E-state index < -0.39 is 6.04 Å². The first-order chi connectivity index (χ1) is 12.1. The number of benzene rings is 1. The molecule has 1 N–H and O–H groups in total. The molecule has 0 bridgehead atoms. The molecule has 2 aromatic rings. The number of hydrogen-bond donors (Lipinski definition) is 1. The minimum atomic E-state index is -0.432. The monoisotopic (exact) mass is 403 g/mol. The largest absolute Gasteiger partial charge is 0.439 e. The normalized spacial score (nSPS) is 17.1. The molecule has 130 valence electrons. The third kappa shape index (κ3) is 3.99. The van der Waals surface area contributed by atoms with Crippen molar-refractivity contribution in [2.45, 2.75) is 19.4 Å². The van der Waals surface area contributed by atoms with Gasteiger partial charge in [-0.25, -0.2) is 4.98 Å². The fraction of sp³-hybridized carbons (Fsp3) is 0.278. The molecule has 3 rings (SSSR count). The van der Waals surface area contributed by atoms with Gasteiger partial charge >= 0.3 is 0 Å². The third-order valence-corrected chi connectivity index (χ3v) is 4.47. The number of aromatic nitrogens is 1. The molecule has 1 aliphatic rings. The lowest BCUT2D eigenvalue weighted by Crippen LogP contribution is -2.56. The molecule has 1 aromatic carbocycles. The number of nitrogens with one attached hydrogen (secondary N) is 1. The second-order valence-corrected chi connectivity index (χ2v) is 6.57. The van der Waals surface area contributed by atoms with Crippen LogP contribution >= 0.6 is 15.9 Å². The molecule has 0 radical (unpaired) electrons. The Bertz CT molecular complexity index is 779. The zero-order valence-electron chi connectivity index (χ0n) is 13.7. The van der Waals surface area contributed by atoms with Gasteiger partial charge in [0.25, 0.3) is 5.91 Å². The van der Waals surface area contributed by atoms with E-state index in [0.717, 1.165) is 4.47 Å². The van der Waals surface area contributed by atoms with Crippen molar-refractivity contribution in [2.75, 3.05) is 13.1 Å². The van der Waals surface area contributed by atoms with Gasteiger partial charge in [-0.3, -0.25) is 9.59 Å². The number of piperazine rings is 1. The maximum atomic E-state index is 12.7. The van der Waals surface area contributed by atoms with Crippen LogP contribution in [0, 0.1) is 0 Å². The first kappa shape index (κ1) is 17.4. The van der Waals surface area contributed by atoms with Gasteiger partial charge in [0.1, 0.15) is 11.8 Å². The van der Waals surface area contributed by atoms with Crippen molar-refractivity contribution in [3.05, 3.63) is 52.6 Å². The summed E-state index contributed by atoms with van der Waals surface area (Å²) in [5.41, 5.74) is 0.440. The predicted molar refractivity (Wildman–Crippen MR) is 96.6 cm³/mol. The van der Waals surface area contributed by atoms with Gasteiger partial charge < -0.3 is 15.0 Å². The summed E-state index contributed by atoms with van der Waals surface area (Å²) < 4.78 is 6.58. The van der Waals surface area contributed by atoms with Crippen molar-refractivity contribution < 1.29 is 14.3 Å². The van der Waals surface area contributed by atoms with Crippen molar-refractivity contribution in [2.24, 2.45) is 0 Å². The van der Waals surface area contributed by atoms with Crippen LogP contribution in [0.1, 0.15) is 23.7 Å². The molecule has 0 saturated carbocycles. The van der Waals surface area contributed by atoms with Crippen molar-refractivity contribution in [3.63, 3.8) is 0 Å². The van der Waals surface area contributed by atoms with Gasteiger partial charge in [0, 0.05) is 29.8 Å². The van der Waals surface area contributed by atoms with E-state index in [1.165, 1.54) is 6.20 Å². The number of rotatable bonds is 4. The van der Waals surface area contributed by atoms with Crippen LogP contribution in [0.3, 0.4) is 0 Å². The molecule has 1 aliphatic heterocycles. The molecule has 1 atom stereocenters. The smallest absolute Gasteiger partial charge is 0.256 e. The number of halogens is 1. The minimum absolute atomic E-state index is 0.107. The standard InChI is InChI=1S/C18H18BrN3O3/c1-2-15-17(23)20-8-9-22(15)18(24)12-6-7-16(21-11-12)25-14-5-3-4-13(19)10-14/h3-7,10-11,15H,2,8-9H2,1H3,(H,20,23). The number of pyridine rings is 1. The zero-order chi connectivity index (χ0) is 17.8. The van der Waals surface area contributed by atoms with Crippen molar-refractivity contribution in [1.82, 2.24) is 15.2 Å². The second kappa shape index (κ2) is 7.65. The molecule has 25 heavy (non-hydrogen) atoms. The summed E-state index contributed by atoms with van der Waals surface area (Å²) >= 11 is 3.38. The van der Waals surface area contributed by atoms with Crippen LogP contribution in [0.2, 0.25) is 0 Å². The Morgan fingerprint density at radius 1 is 1.40 bits per heavy atom. The van der Waals surface area contributed by atoms with Crippen molar-refractivity contribution in [1.29, 1.82) is 0 Å². The highest BCUT2D eigenvalue weighted by molar-refractivity contribution is 9.10. The summed E-state index contributed by atoms with van der Waals surface area (Å²) in [6.07, 6.45) is 2.06. The van der Waals surface area contributed by atoms with Gasteiger partial charge in [0.15, 0.2) is 0 Å². The maximum Gasteiger partial charge on any atom is 0.256 e. The average molecular weight is 404 g/mol. The van der Waals surface area contributed by atoms with Crippen LogP contribution in [-0.2, 0) is 4.79 Å². The van der Waals surface area contributed by atoms with E-state index in [1.54, 1.807) is 17.0 Å². The lowest BCUT2D eigenvalue weighted by atomic mass is 10.1. The first-order valence-electron chi connectivity index (χ1n) is 8.06. The summed E-state index contributed by atoms with van der Waals surface area (Å²) in [5, 5.41) is 2.79. The van der Waals surface area contributed by atoms with Crippen molar-refractivity contribution in [3.8, 4) is 11.6 Å². The van der Waals surface area contributed by atoms with E-state index in [4.69, 9.17) is 4.74 Å². The highest BCUT2D eigenvalue weighted by atomic mass is 79.9. The van der Waals surface area contributed by atoms with Gasteiger partial charge in [-0.1, -0.05) is 28.9 Å². The number of ether oxygens (including phenoxy) is 1. The van der Waals surface area contributed by atoms with Crippen LogP contribution in [0.5, 0.6) is 11.6 Å². The third-order valence-electron chi connectivity index (χ3n) is 3.98. The van der Waals surface area contributed by atoms with E-state index in [0.29, 0.717) is 36.7 Å². The molecule has 0 aliphatic carbocycles. The van der Waals surface area contributed by atoms with Crippen molar-refractivity contribution >= 4 is 27.7 Å². The van der Waals surface area contributed by atoms with Gasteiger partial charge in [-0.15, -0.1) is 0 Å². The van der Waals surface area contributed by atoms with E-state index in [2.05, 4.69) is 26.2 Å². The maximum absolute atomic E-state index is 12.7. The number of nitrogens with zero attached hydrogens (tertiary/aromatic N) is 2. The Morgan fingerprint density at radius 2 is 2.24 bits per heavy atom. The van der Waals surface area contributed by atoms with Crippen LogP contribution in [0.4, 0.5) is 0 Å². The average Bonchev–Trinajstić information content (AvgIpc) is 2.61. The zero-order valence-corrected chi connectivity index (χ0v) is 15.3. The van der Waals surface area contributed by atoms with Gasteiger partial charge in [-0.05, 0) is 30.7 Å². The molecule has 1 aromatic heterocycles. The van der Waals surface area contributed by atoms with E-state index in [1.807, 2.05) is 31.2 Å². The summed E-state index contributed by atoms with van der Waals surface area (Å²) in [5.74, 6) is 0.755. The number of carbonyl (C=O) groups is 2. The Morgan fingerprint density at radius 3 is 2.92 bits per heavy atom. The Labute approximate surface area is 154 Å². The van der Waals surface area contributed by atoms with E-state index in [9.17, 15) is 9.59 Å². The SMILES string of the molecule is CCC1C(=O)NCCN1C(=O)c1ccc(Oc2cccc(Br)c2)nc1. The van der Waals surface area contributed by atoms with Crippen LogP contribution in [0.15, 0.2) is 47.1 Å². The predicted octanol–water partition coefficient (Wildman–Crippen LogP) is 2.99. The fourth-order valence-corrected chi connectivity index (χ4v) is 3.13. The number of amides is 2. The lowest BCUT2D eigenvalue weighted by molar-refractivity contribution is -0.127. The molecule has 0 spiro atoms. The van der Waals surface area contributed by atoms with Crippen LogP contribution in [-0.4, -0.2) is 40.8 Å². The van der Waals surface area contributed by atoms with Crippen LogP contribution in [0.25, 0.3) is 0 Å². The summed E-state index contributed by atoms with van der Waals surface area (Å²) in [7, 11) is 0. The molecule has 6 nitrogen and oxygen atoms in total. The molecular weight excluding hydrogens is 386 g/mol. The molecular formula is C18H18BrN3O3. The Balaban J connectivity index is 1.73. The van der Waals surface area contributed by atoms with Gasteiger partial charge in [0.2, 0.25) is 11.8 Å². The van der Waals surface area contributed by atoms with E-state index in [-0.39, 0.29) is 11.8 Å². The second-order valence-electron chi connectivity index (χ2n) is 5.66. The Hall–Kier alpha value is -2.41. The molecule has 1 unspecified atom stereocenters.